The summed E-state index contributed by atoms with van der Waals surface area (Å²) in [5.41, 5.74) is 1.39. The highest BCUT2D eigenvalue weighted by atomic mass is 32.2. The van der Waals surface area contributed by atoms with Gasteiger partial charge in [-0.15, -0.1) is 11.8 Å². The van der Waals surface area contributed by atoms with Crippen molar-refractivity contribution in [3.8, 4) is 0 Å². The normalized spacial score (nSPS) is 20.2. The molecule has 2 rings (SSSR count). The van der Waals surface area contributed by atoms with Gasteiger partial charge in [0.1, 0.15) is 0 Å². The van der Waals surface area contributed by atoms with E-state index in [1.165, 1.54) is 10.6 Å². The van der Waals surface area contributed by atoms with E-state index in [1.807, 2.05) is 11.8 Å². The lowest BCUT2D eigenvalue weighted by Gasteiger charge is -2.04. The van der Waals surface area contributed by atoms with Gasteiger partial charge in [-0.05, 0) is 24.0 Å². The van der Waals surface area contributed by atoms with Crippen LogP contribution in [0.1, 0.15) is 19.4 Å². The summed E-state index contributed by atoms with van der Waals surface area (Å²) in [6, 6.07) is 11.1. The monoisotopic (exact) mass is 245 g/mol. The maximum absolute atomic E-state index is 4.75. The van der Waals surface area contributed by atoms with Gasteiger partial charge in [-0.1, -0.05) is 50.3 Å². The quantitative estimate of drug-likeness (QED) is 0.782. The number of benzene rings is 1. The van der Waals surface area contributed by atoms with Crippen molar-refractivity contribution < 1.29 is 0 Å². The summed E-state index contributed by atoms with van der Waals surface area (Å²) in [7, 11) is 0. The highest BCUT2D eigenvalue weighted by Gasteiger charge is 2.16. The van der Waals surface area contributed by atoms with Gasteiger partial charge in [0.25, 0.3) is 0 Å². The van der Waals surface area contributed by atoms with Crippen molar-refractivity contribution in [1.29, 1.82) is 0 Å². The molecule has 0 spiro atoms. The van der Waals surface area contributed by atoms with Crippen LogP contribution in [0.2, 0.25) is 0 Å². The third kappa shape index (κ3) is 4.04. The van der Waals surface area contributed by atoms with E-state index in [-0.39, 0.29) is 0 Å². The van der Waals surface area contributed by atoms with E-state index >= 15 is 0 Å². The molecule has 1 unspecified atom stereocenters. The minimum absolute atomic E-state index is 0.453. The zero-order chi connectivity index (χ0) is 12.1. The van der Waals surface area contributed by atoms with Gasteiger partial charge in [0.05, 0.1) is 11.1 Å². The Kier molecular flexibility index (Phi) is 4.43. The van der Waals surface area contributed by atoms with E-state index in [9.17, 15) is 0 Å². The van der Waals surface area contributed by atoms with Crippen molar-refractivity contribution in [1.82, 2.24) is 0 Å². The maximum Gasteiger partial charge on any atom is 0.0905 e. The number of hydrogen-bond acceptors (Lipinski definition) is 2. The molecule has 2 heteroatoms. The van der Waals surface area contributed by atoms with Gasteiger partial charge in [-0.2, -0.15) is 0 Å². The molecule has 0 aliphatic carbocycles. The lowest BCUT2D eigenvalue weighted by atomic mass is 10.1. The molecule has 0 amide bonds. The van der Waals surface area contributed by atoms with Gasteiger partial charge in [0, 0.05) is 5.75 Å². The van der Waals surface area contributed by atoms with Crippen molar-refractivity contribution in [3.05, 3.63) is 48.0 Å². The van der Waals surface area contributed by atoms with Crippen LogP contribution in [0.25, 0.3) is 0 Å². The number of hydrogen-bond donors (Lipinski definition) is 0. The Morgan fingerprint density at radius 2 is 2.12 bits per heavy atom. The van der Waals surface area contributed by atoms with Crippen LogP contribution in [0.15, 0.2) is 47.5 Å². The second kappa shape index (κ2) is 6.06. The summed E-state index contributed by atoms with van der Waals surface area (Å²) >= 11 is 1.87. The molecule has 0 saturated heterocycles. The van der Waals surface area contributed by atoms with Crippen LogP contribution in [0.3, 0.4) is 0 Å². The Hall–Kier alpha value is -1.02. The number of nitrogens with zero attached hydrogens (tertiary/aromatic N) is 1. The molecule has 1 atom stereocenters. The van der Waals surface area contributed by atoms with Crippen molar-refractivity contribution in [2.24, 2.45) is 10.9 Å². The molecular formula is C15H19NS. The minimum atomic E-state index is 0.453. The first kappa shape index (κ1) is 12.4. The van der Waals surface area contributed by atoms with Gasteiger partial charge in [-0.3, -0.25) is 4.99 Å². The lowest BCUT2D eigenvalue weighted by molar-refractivity contribution is 0.763. The van der Waals surface area contributed by atoms with Gasteiger partial charge in [-0.25, -0.2) is 0 Å². The van der Waals surface area contributed by atoms with Crippen LogP contribution in [0.4, 0.5) is 0 Å². The van der Waals surface area contributed by atoms with E-state index in [4.69, 9.17) is 4.99 Å². The Bertz CT molecular complexity index is 406. The van der Waals surface area contributed by atoms with E-state index in [2.05, 4.69) is 56.3 Å². The van der Waals surface area contributed by atoms with Crippen LogP contribution in [-0.2, 0) is 6.42 Å². The molecule has 0 bridgehead atoms. The summed E-state index contributed by atoms with van der Waals surface area (Å²) in [6.45, 7) is 4.39. The molecule has 0 N–H and O–H groups in total. The first-order chi connectivity index (χ1) is 8.24. The van der Waals surface area contributed by atoms with Crippen LogP contribution >= 0.6 is 11.8 Å². The minimum Gasteiger partial charge on any atom is -0.274 e. The first-order valence-corrected chi connectivity index (χ1v) is 7.15. The topological polar surface area (TPSA) is 12.4 Å². The van der Waals surface area contributed by atoms with E-state index in [0.717, 1.165) is 12.2 Å². The van der Waals surface area contributed by atoms with Gasteiger partial charge < -0.3 is 0 Å². The van der Waals surface area contributed by atoms with Crippen LogP contribution in [0.5, 0.6) is 0 Å². The molecule has 1 heterocycles. The highest BCUT2D eigenvalue weighted by molar-refractivity contribution is 8.14. The second-order valence-electron chi connectivity index (χ2n) is 4.73. The summed E-state index contributed by atoms with van der Waals surface area (Å²) in [6.07, 6.45) is 5.45. The molecule has 17 heavy (non-hydrogen) atoms. The Labute approximate surface area is 108 Å². The summed E-state index contributed by atoms with van der Waals surface area (Å²) < 4.78 is 0. The zero-order valence-corrected chi connectivity index (χ0v) is 11.3. The fourth-order valence-electron chi connectivity index (χ4n) is 1.79. The Morgan fingerprint density at radius 3 is 2.82 bits per heavy atom. The van der Waals surface area contributed by atoms with Gasteiger partial charge in [0.15, 0.2) is 0 Å². The number of aliphatic imine (C=N–C) groups is 1. The third-order valence-electron chi connectivity index (χ3n) is 2.67. The molecule has 1 aromatic rings. The second-order valence-corrected chi connectivity index (χ2v) is 5.77. The Balaban J connectivity index is 1.93. The van der Waals surface area contributed by atoms with Crippen LogP contribution < -0.4 is 0 Å². The molecule has 0 fully saturated rings. The predicted octanol–water partition coefficient (Wildman–Crippen LogP) is 3.96. The number of thioether (sulfide) groups is 1. The number of rotatable bonds is 4. The molecular weight excluding hydrogens is 226 g/mol. The number of allylic oxidation sites excluding steroid dienone is 1. The van der Waals surface area contributed by atoms with E-state index in [0.29, 0.717) is 12.0 Å². The molecule has 1 aliphatic rings. The molecule has 90 valence electrons. The predicted molar refractivity (Wildman–Crippen MR) is 77.8 cm³/mol. The summed E-state index contributed by atoms with van der Waals surface area (Å²) in [4.78, 5) is 4.75. The molecule has 0 radical (unpaired) electrons. The molecule has 1 aliphatic heterocycles. The van der Waals surface area contributed by atoms with Crippen molar-refractivity contribution in [3.63, 3.8) is 0 Å². The maximum atomic E-state index is 4.75. The SMILES string of the molecule is CC(C)/C=C/C1=NC(Cc2ccccc2)CS1. The van der Waals surface area contributed by atoms with Crippen molar-refractivity contribution in [2.75, 3.05) is 5.75 Å². The summed E-state index contributed by atoms with van der Waals surface area (Å²) in [5, 5.41) is 1.19. The van der Waals surface area contributed by atoms with E-state index in [1.54, 1.807) is 0 Å². The van der Waals surface area contributed by atoms with Crippen molar-refractivity contribution in [2.45, 2.75) is 26.3 Å². The standard InChI is InChI=1S/C15H19NS/c1-12(2)8-9-15-16-14(11-17-15)10-13-6-4-3-5-7-13/h3-9,12,14H,10-11H2,1-2H3/b9-8+. The molecule has 1 aromatic carbocycles. The van der Waals surface area contributed by atoms with Crippen LogP contribution in [0, 0.1) is 5.92 Å². The van der Waals surface area contributed by atoms with Crippen LogP contribution in [-0.4, -0.2) is 16.8 Å². The first-order valence-electron chi connectivity index (χ1n) is 6.17. The Morgan fingerprint density at radius 1 is 1.35 bits per heavy atom. The summed E-state index contributed by atoms with van der Waals surface area (Å²) in [5.74, 6) is 1.72. The smallest absolute Gasteiger partial charge is 0.0905 e. The highest BCUT2D eigenvalue weighted by Crippen LogP contribution is 2.22. The van der Waals surface area contributed by atoms with Gasteiger partial charge >= 0.3 is 0 Å². The third-order valence-corrected chi connectivity index (χ3v) is 3.76. The molecule has 0 saturated carbocycles. The largest absolute Gasteiger partial charge is 0.274 e. The lowest BCUT2D eigenvalue weighted by Crippen LogP contribution is -2.07. The van der Waals surface area contributed by atoms with E-state index < -0.39 is 0 Å². The fraction of sp³-hybridized carbons (Fsp3) is 0.400. The van der Waals surface area contributed by atoms with Gasteiger partial charge in [0.2, 0.25) is 0 Å². The molecule has 0 aromatic heterocycles. The fourth-order valence-corrected chi connectivity index (χ4v) is 2.75. The molecule has 1 nitrogen and oxygen atoms in total. The average Bonchev–Trinajstić information content (AvgIpc) is 2.75. The average molecular weight is 245 g/mol. The van der Waals surface area contributed by atoms with Crippen molar-refractivity contribution >= 4 is 16.8 Å². The zero-order valence-electron chi connectivity index (χ0n) is 10.5.